The summed E-state index contributed by atoms with van der Waals surface area (Å²) in [5.74, 6) is 0.774. The van der Waals surface area contributed by atoms with Crippen molar-refractivity contribution in [2.45, 2.75) is 44.8 Å². The van der Waals surface area contributed by atoms with Crippen LogP contribution in [0.5, 0.6) is 0 Å². The minimum atomic E-state index is -0.0450. The lowest BCUT2D eigenvalue weighted by atomic mass is 10.1. The maximum absolute atomic E-state index is 13.1. The monoisotopic (exact) mass is 423 g/mol. The van der Waals surface area contributed by atoms with Gasteiger partial charge in [0.25, 0.3) is 5.56 Å². The Kier molecular flexibility index (Phi) is 8.08. The molecule has 5 nitrogen and oxygen atoms in total. The number of aryl methyl sites for hydroxylation is 1. The third kappa shape index (κ3) is 6.20. The van der Waals surface area contributed by atoms with Crippen LogP contribution < -0.4 is 10.9 Å². The first-order valence-electron chi connectivity index (χ1n) is 10.5. The standard InChI is InChI=1S/C24H29N3O2S/c1-18(2)14-15-25-22(28)17-30-24-26-21-13-7-6-12-20(21)23(29)27(24)16-8-11-19-9-4-3-5-10-19/h3-7,9-10,12-13,18H,8,11,14-17H2,1-2H3,(H,25,28). The van der Waals surface area contributed by atoms with Gasteiger partial charge in [-0.2, -0.15) is 0 Å². The predicted molar refractivity (Wildman–Crippen MR) is 124 cm³/mol. The van der Waals surface area contributed by atoms with E-state index in [2.05, 4.69) is 36.3 Å². The van der Waals surface area contributed by atoms with Crippen LogP contribution >= 0.6 is 11.8 Å². The minimum absolute atomic E-state index is 0.0288. The summed E-state index contributed by atoms with van der Waals surface area (Å²) in [5.41, 5.74) is 1.87. The van der Waals surface area contributed by atoms with Gasteiger partial charge in [-0.05, 0) is 42.9 Å². The van der Waals surface area contributed by atoms with Crippen molar-refractivity contribution in [3.63, 3.8) is 0 Å². The molecule has 1 amide bonds. The van der Waals surface area contributed by atoms with Crippen LogP contribution in [0.25, 0.3) is 10.9 Å². The van der Waals surface area contributed by atoms with Gasteiger partial charge in [0.2, 0.25) is 5.91 Å². The van der Waals surface area contributed by atoms with Gasteiger partial charge in [0, 0.05) is 13.1 Å². The Hall–Kier alpha value is -2.60. The van der Waals surface area contributed by atoms with E-state index in [-0.39, 0.29) is 17.2 Å². The van der Waals surface area contributed by atoms with E-state index in [1.165, 1.54) is 17.3 Å². The summed E-state index contributed by atoms with van der Waals surface area (Å²) >= 11 is 1.33. The zero-order valence-corrected chi connectivity index (χ0v) is 18.5. The number of hydrogen-bond acceptors (Lipinski definition) is 4. The smallest absolute Gasteiger partial charge is 0.262 e. The average Bonchev–Trinajstić information content (AvgIpc) is 2.74. The van der Waals surface area contributed by atoms with E-state index in [0.29, 0.717) is 35.1 Å². The third-order valence-corrected chi connectivity index (χ3v) is 5.87. The number of carbonyl (C=O) groups is 1. The highest BCUT2D eigenvalue weighted by atomic mass is 32.2. The maximum atomic E-state index is 13.1. The normalized spacial score (nSPS) is 11.2. The van der Waals surface area contributed by atoms with Crippen LogP contribution in [-0.2, 0) is 17.8 Å². The van der Waals surface area contributed by atoms with Crippen LogP contribution in [0, 0.1) is 5.92 Å². The molecule has 0 aliphatic rings. The van der Waals surface area contributed by atoms with E-state index in [1.54, 1.807) is 4.57 Å². The molecule has 3 rings (SSSR count). The first-order valence-corrected chi connectivity index (χ1v) is 11.5. The summed E-state index contributed by atoms with van der Waals surface area (Å²) in [7, 11) is 0. The molecule has 0 saturated carbocycles. The second-order valence-electron chi connectivity index (χ2n) is 7.78. The number of rotatable bonds is 10. The molecule has 0 fully saturated rings. The van der Waals surface area contributed by atoms with E-state index >= 15 is 0 Å². The number of thioether (sulfide) groups is 1. The molecule has 1 heterocycles. The lowest BCUT2D eigenvalue weighted by Crippen LogP contribution is -2.28. The highest BCUT2D eigenvalue weighted by Gasteiger charge is 2.13. The summed E-state index contributed by atoms with van der Waals surface area (Å²) in [6, 6.07) is 17.6. The molecule has 1 aromatic heterocycles. The average molecular weight is 424 g/mol. The Bertz CT molecular complexity index is 1030. The number of fused-ring (bicyclic) bond motifs is 1. The van der Waals surface area contributed by atoms with Crippen LogP contribution in [0.4, 0.5) is 0 Å². The van der Waals surface area contributed by atoms with Gasteiger partial charge < -0.3 is 5.32 Å². The molecule has 0 aliphatic heterocycles. The number of hydrogen-bond donors (Lipinski definition) is 1. The van der Waals surface area contributed by atoms with Crippen molar-refractivity contribution in [2.24, 2.45) is 5.92 Å². The number of amides is 1. The Morgan fingerprint density at radius 2 is 1.83 bits per heavy atom. The zero-order valence-electron chi connectivity index (χ0n) is 17.6. The van der Waals surface area contributed by atoms with Crippen molar-refractivity contribution in [3.05, 3.63) is 70.5 Å². The fourth-order valence-corrected chi connectivity index (χ4v) is 4.08. The first kappa shape index (κ1) is 22.1. The Labute approximate surface area is 181 Å². The summed E-state index contributed by atoms with van der Waals surface area (Å²) in [5, 5.41) is 4.16. The highest BCUT2D eigenvalue weighted by Crippen LogP contribution is 2.18. The summed E-state index contributed by atoms with van der Waals surface area (Å²) in [6.45, 7) is 5.51. The van der Waals surface area contributed by atoms with Crippen molar-refractivity contribution >= 4 is 28.6 Å². The summed E-state index contributed by atoms with van der Waals surface area (Å²) in [6.07, 6.45) is 2.67. The molecule has 1 N–H and O–H groups in total. The van der Waals surface area contributed by atoms with Crippen LogP contribution in [0.2, 0.25) is 0 Å². The fraction of sp³-hybridized carbons (Fsp3) is 0.375. The number of nitrogens with zero attached hydrogens (tertiary/aromatic N) is 2. The second-order valence-corrected chi connectivity index (χ2v) is 8.72. The minimum Gasteiger partial charge on any atom is -0.355 e. The molecular formula is C24H29N3O2S. The van der Waals surface area contributed by atoms with Gasteiger partial charge in [0.15, 0.2) is 5.16 Å². The second kappa shape index (κ2) is 11.0. The van der Waals surface area contributed by atoms with Crippen LogP contribution in [0.15, 0.2) is 64.5 Å². The number of para-hydroxylation sites is 1. The molecule has 3 aromatic rings. The Morgan fingerprint density at radius 1 is 1.10 bits per heavy atom. The lowest BCUT2D eigenvalue weighted by molar-refractivity contribution is -0.118. The Balaban J connectivity index is 1.73. The van der Waals surface area contributed by atoms with Gasteiger partial charge >= 0.3 is 0 Å². The van der Waals surface area contributed by atoms with Crippen molar-refractivity contribution < 1.29 is 4.79 Å². The number of nitrogens with one attached hydrogen (secondary N) is 1. The van der Waals surface area contributed by atoms with Gasteiger partial charge in [0.05, 0.1) is 16.7 Å². The quantitative estimate of drug-likeness (QED) is 0.390. The SMILES string of the molecule is CC(C)CCNC(=O)CSc1nc2ccccc2c(=O)n1CCCc1ccccc1. The maximum Gasteiger partial charge on any atom is 0.262 e. The van der Waals surface area contributed by atoms with E-state index < -0.39 is 0 Å². The van der Waals surface area contributed by atoms with Crippen LogP contribution in [0.1, 0.15) is 32.3 Å². The Morgan fingerprint density at radius 3 is 2.60 bits per heavy atom. The predicted octanol–water partition coefficient (Wildman–Crippen LogP) is 4.28. The molecule has 6 heteroatoms. The molecule has 0 spiro atoms. The topological polar surface area (TPSA) is 64.0 Å². The van der Waals surface area contributed by atoms with E-state index in [1.807, 2.05) is 42.5 Å². The van der Waals surface area contributed by atoms with E-state index in [0.717, 1.165) is 19.3 Å². The van der Waals surface area contributed by atoms with Crippen molar-refractivity contribution in [3.8, 4) is 0 Å². The molecule has 0 bridgehead atoms. The van der Waals surface area contributed by atoms with Gasteiger partial charge in [-0.3, -0.25) is 14.2 Å². The molecule has 0 atom stereocenters. The molecular weight excluding hydrogens is 394 g/mol. The van der Waals surface area contributed by atoms with Crippen molar-refractivity contribution in [1.29, 1.82) is 0 Å². The molecule has 0 unspecified atom stereocenters. The van der Waals surface area contributed by atoms with Gasteiger partial charge in [-0.15, -0.1) is 0 Å². The van der Waals surface area contributed by atoms with Gasteiger partial charge in [0.1, 0.15) is 0 Å². The fourth-order valence-electron chi connectivity index (χ4n) is 3.22. The molecule has 158 valence electrons. The number of aromatic nitrogens is 2. The first-order chi connectivity index (χ1) is 14.5. The largest absolute Gasteiger partial charge is 0.355 e. The third-order valence-electron chi connectivity index (χ3n) is 4.89. The highest BCUT2D eigenvalue weighted by molar-refractivity contribution is 7.99. The molecule has 30 heavy (non-hydrogen) atoms. The molecule has 0 saturated heterocycles. The van der Waals surface area contributed by atoms with Gasteiger partial charge in [-0.1, -0.05) is 68.1 Å². The van der Waals surface area contributed by atoms with E-state index in [4.69, 9.17) is 0 Å². The number of benzene rings is 2. The summed E-state index contributed by atoms with van der Waals surface area (Å²) in [4.78, 5) is 30.0. The lowest BCUT2D eigenvalue weighted by Gasteiger charge is -2.13. The molecule has 2 aromatic carbocycles. The van der Waals surface area contributed by atoms with Gasteiger partial charge in [-0.25, -0.2) is 4.98 Å². The van der Waals surface area contributed by atoms with Crippen molar-refractivity contribution in [2.75, 3.05) is 12.3 Å². The zero-order chi connectivity index (χ0) is 21.3. The van der Waals surface area contributed by atoms with Crippen LogP contribution in [0.3, 0.4) is 0 Å². The van der Waals surface area contributed by atoms with E-state index in [9.17, 15) is 9.59 Å². The molecule has 0 aliphatic carbocycles. The van der Waals surface area contributed by atoms with Crippen LogP contribution in [-0.4, -0.2) is 27.8 Å². The van der Waals surface area contributed by atoms with Crippen molar-refractivity contribution in [1.82, 2.24) is 14.9 Å². The number of carbonyl (C=O) groups excluding carboxylic acids is 1. The summed E-state index contributed by atoms with van der Waals surface area (Å²) < 4.78 is 1.72. The molecule has 0 radical (unpaired) electrons.